The van der Waals surface area contributed by atoms with Crippen LogP contribution in [-0.2, 0) is 38.5 Å². The SMILES string of the molecule is O=C(O)C[C@@H](CCCc1ccccc1)C(=O)NC1Cc2cn(c3ccccc23)CCOCCNC1=O. The van der Waals surface area contributed by atoms with Gasteiger partial charge in [0.05, 0.1) is 19.6 Å². The van der Waals surface area contributed by atoms with Gasteiger partial charge in [-0.25, -0.2) is 0 Å². The Morgan fingerprint density at radius 1 is 1.11 bits per heavy atom. The summed E-state index contributed by atoms with van der Waals surface area (Å²) in [6.07, 6.45) is 3.91. The molecule has 2 aromatic carbocycles. The summed E-state index contributed by atoms with van der Waals surface area (Å²) in [4.78, 5) is 37.8. The first-order valence-electron chi connectivity index (χ1n) is 12.5. The minimum absolute atomic E-state index is 0.276. The summed E-state index contributed by atoms with van der Waals surface area (Å²) in [6.45, 7) is 1.94. The van der Waals surface area contributed by atoms with Gasteiger partial charge in [0.2, 0.25) is 11.8 Å². The van der Waals surface area contributed by atoms with Crippen LogP contribution in [0.25, 0.3) is 10.9 Å². The highest BCUT2D eigenvalue weighted by Crippen LogP contribution is 2.23. The minimum Gasteiger partial charge on any atom is -0.481 e. The smallest absolute Gasteiger partial charge is 0.304 e. The second-order valence-electron chi connectivity index (χ2n) is 9.21. The fraction of sp³-hybridized carbons (Fsp3) is 0.393. The molecule has 0 saturated heterocycles. The van der Waals surface area contributed by atoms with Crippen molar-refractivity contribution in [2.45, 2.75) is 44.7 Å². The van der Waals surface area contributed by atoms with Crippen LogP contribution in [0.4, 0.5) is 0 Å². The van der Waals surface area contributed by atoms with E-state index in [0.29, 0.717) is 45.6 Å². The number of carbonyl (C=O) groups excluding carboxylic acids is 2. The number of hydrogen-bond donors (Lipinski definition) is 3. The summed E-state index contributed by atoms with van der Waals surface area (Å²) in [5.41, 5.74) is 3.14. The summed E-state index contributed by atoms with van der Waals surface area (Å²) in [5, 5.41) is 16.2. The molecule has 1 unspecified atom stereocenters. The standard InChI is InChI=1S/C28H33N3O5/c32-26(33)18-21(10-6-9-20-7-2-1-3-8-20)27(34)30-24-17-22-19-31(25-12-5-4-11-23(22)25)14-16-36-15-13-29-28(24)35/h1-5,7-8,11-12,19,21,24H,6,9-10,13-18H2,(H,29,35)(H,30,34)(H,32,33)/t21-,24?/m1/s1. The van der Waals surface area contributed by atoms with Crippen molar-refractivity contribution in [3.63, 3.8) is 0 Å². The van der Waals surface area contributed by atoms with Crippen LogP contribution >= 0.6 is 0 Å². The molecular formula is C28H33N3O5. The number of hydrogen-bond acceptors (Lipinski definition) is 4. The van der Waals surface area contributed by atoms with Crippen molar-refractivity contribution in [3.05, 3.63) is 71.9 Å². The van der Waals surface area contributed by atoms with Gasteiger partial charge < -0.3 is 25.0 Å². The largest absolute Gasteiger partial charge is 0.481 e. The first kappa shape index (κ1) is 25.4. The molecule has 1 aliphatic rings. The zero-order valence-electron chi connectivity index (χ0n) is 20.3. The van der Waals surface area contributed by atoms with Crippen LogP contribution in [0, 0.1) is 5.92 Å². The number of aromatic nitrogens is 1. The Bertz CT molecular complexity index is 1190. The third kappa shape index (κ3) is 6.73. The van der Waals surface area contributed by atoms with Crippen LogP contribution < -0.4 is 10.6 Å². The average Bonchev–Trinajstić information content (AvgIpc) is 3.22. The van der Waals surface area contributed by atoms with Crippen LogP contribution in [0.3, 0.4) is 0 Å². The molecule has 0 fully saturated rings. The fourth-order valence-electron chi connectivity index (χ4n) is 4.76. The lowest BCUT2D eigenvalue weighted by Crippen LogP contribution is -2.50. The van der Waals surface area contributed by atoms with Crippen LogP contribution in [-0.4, -0.2) is 53.3 Å². The van der Waals surface area contributed by atoms with Gasteiger partial charge in [-0.1, -0.05) is 48.5 Å². The lowest BCUT2D eigenvalue weighted by molar-refractivity contribution is -0.141. The molecular weight excluding hydrogens is 458 g/mol. The Kier molecular flexibility index (Phi) is 8.73. The normalized spacial score (nSPS) is 17.4. The molecule has 3 aromatic rings. The van der Waals surface area contributed by atoms with Crippen LogP contribution in [0.5, 0.6) is 0 Å². The number of fused-ring (bicyclic) bond motifs is 5. The number of carbonyl (C=O) groups is 3. The van der Waals surface area contributed by atoms with Crippen molar-refractivity contribution in [3.8, 4) is 0 Å². The van der Waals surface area contributed by atoms with E-state index in [1.165, 1.54) is 0 Å². The maximum atomic E-state index is 13.3. The zero-order valence-corrected chi connectivity index (χ0v) is 20.3. The Labute approximate surface area is 210 Å². The van der Waals surface area contributed by atoms with Gasteiger partial charge in [0.15, 0.2) is 0 Å². The maximum Gasteiger partial charge on any atom is 0.304 e. The van der Waals surface area contributed by atoms with Gasteiger partial charge in [-0.3, -0.25) is 14.4 Å². The maximum absolute atomic E-state index is 13.3. The molecule has 1 aromatic heterocycles. The van der Waals surface area contributed by atoms with Gasteiger partial charge in [-0.2, -0.15) is 0 Å². The van der Waals surface area contributed by atoms with E-state index in [9.17, 15) is 19.5 Å². The lowest BCUT2D eigenvalue weighted by atomic mass is 9.95. The topological polar surface area (TPSA) is 110 Å². The van der Waals surface area contributed by atoms with Crippen molar-refractivity contribution < 1.29 is 24.2 Å². The number of para-hydroxylation sites is 1. The monoisotopic (exact) mass is 491 g/mol. The quantitative estimate of drug-likeness (QED) is 0.449. The van der Waals surface area contributed by atoms with E-state index in [4.69, 9.17) is 4.74 Å². The molecule has 2 atom stereocenters. The van der Waals surface area contributed by atoms with E-state index in [2.05, 4.69) is 15.2 Å². The molecule has 4 rings (SSSR count). The Hall–Kier alpha value is -3.65. The molecule has 0 spiro atoms. The van der Waals surface area contributed by atoms with Crippen LogP contribution in [0.2, 0.25) is 0 Å². The number of nitrogens with one attached hydrogen (secondary N) is 2. The molecule has 2 amide bonds. The summed E-state index contributed by atoms with van der Waals surface area (Å²) in [5.74, 6) is -2.45. The second kappa shape index (κ2) is 12.4. The predicted molar refractivity (Wildman–Crippen MR) is 137 cm³/mol. The predicted octanol–water partition coefficient (Wildman–Crippen LogP) is 2.93. The first-order chi connectivity index (χ1) is 17.5. The van der Waals surface area contributed by atoms with E-state index in [-0.39, 0.29) is 12.3 Å². The molecule has 1 aliphatic heterocycles. The highest BCUT2D eigenvalue weighted by atomic mass is 16.5. The molecule has 0 saturated carbocycles. The number of ether oxygens (including phenoxy) is 1. The molecule has 0 aliphatic carbocycles. The summed E-state index contributed by atoms with van der Waals surface area (Å²) >= 11 is 0. The number of rotatable bonds is 8. The van der Waals surface area contributed by atoms with E-state index in [1.807, 2.05) is 60.8 Å². The van der Waals surface area contributed by atoms with Crippen molar-refractivity contribution in [1.82, 2.24) is 15.2 Å². The number of amides is 2. The van der Waals surface area contributed by atoms with Gasteiger partial charge in [0.1, 0.15) is 6.04 Å². The lowest BCUT2D eigenvalue weighted by Gasteiger charge is -2.22. The number of aliphatic carboxylic acids is 1. The van der Waals surface area contributed by atoms with E-state index in [1.54, 1.807) is 0 Å². The fourth-order valence-corrected chi connectivity index (χ4v) is 4.76. The summed E-state index contributed by atoms with van der Waals surface area (Å²) in [6, 6.07) is 17.0. The number of carboxylic acids is 1. The Morgan fingerprint density at radius 3 is 2.69 bits per heavy atom. The first-order valence-corrected chi connectivity index (χ1v) is 12.5. The van der Waals surface area contributed by atoms with Crippen LogP contribution in [0.1, 0.15) is 30.4 Å². The summed E-state index contributed by atoms with van der Waals surface area (Å²) in [7, 11) is 0. The molecule has 36 heavy (non-hydrogen) atoms. The van der Waals surface area contributed by atoms with Gasteiger partial charge in [-0.05, 0) is 36.5 Å². The van der Waals surface area contributed by atoms with Gasteiger partial charge in [0, 0.05) is 42.5 Å². The van der Waals surface area contributed by atoms with Gasteiger partial charge in [-0.15, -0.1) is 0 Å². The molecule has 0 radical (unpaired) electrons. The zero-order chi connectivity index (χ0) is 25.3. The van der Waals surface area contributed by atoms with Crippen molar-refractivity contribution in [1.29, 1.82) is 0 Å². The van der Waals surface area contributed by atoms with Gasteiger partial charge in [0.25, 0.3) is 0 Å². The Morgan fingerprint density at radius 2 is 1.89 bits per heavy atom. The number of benzene rings is 2. The highest BCUT2D eigenvalue weighted by Gasteiger charge is 2.28. The van der Waals surface area contributed by atoms with E-state index < -0.39 is 23.8 Å². The highest BCUT2D eigenvalue weighted by molar-refractivity contribution is 5.91. The molecule has 2 bridgehead atoms. The second-order valence-corrected chi connectivity index (χ2v) is 9.21. The molecule has 8 nitrogen and oxygen atoms in total. The van der Waals surface area contributed by atoms with Crippen LogP contribution in [0.15, 0.2) is 60.8 Å². The van der Waals surface area contributed by atoms with Crippen molar-refractivity contribution >= 4 is 28.7 Å². The average molecular weight is 492 g/mol. The van der Waals surface area contributed by atoms with E-state index >= 15 is 0 Å². The number of aryl methyl sites for hydroxylation is 1. The van der Waals surface area contributed by atoms with Crippen molar-refractivity contribution in [2.75, 3.05) is 19.8 Å². The number of carboxylic acid groups (broad SMARTS) is 1. The molecule has 2 heterocycles. The molecule has 8 heteroatoms. The van der Waals surface area contributed by atoms with Gasteiger partial charge >= 0.3 is 5.97 Å². The summed E-state index contributed by atoms with van der Waals surface area (Å²) < 4.78 is 7.77. The van der Waals surface area contributed by atoms with E-state index in [0.717, 1.165) is 28.5 Å². The van der Waals surface area contributed by atoms with Crippen molar-refractivity contribution in [2.24, 2.45) is 5.92 Å². The minimum atomic E-state index is -1.03. The third-order valence-corrected chi connectivity index (χ3v) is 6.60. The Balaban J connectivity index is 1.51. The molecule has 190 valence electrons. The molecule has 3 N–H and O–H groups in total. The third-order valence-electron chi connectivity index (χ3n) is 6.60. The number of nitrogens with zero attached hydrogens (tertiary/aromatic N) is 1.